The molecule has 0 radical (unpaired) electrons. The van der Waals surface area contributed by atoms with Crippen molar-refractivity contribution in [3.05, 3.63) is 58.6 Å². The summed E-state index contributed by atoms with van der Waals surface area (Å²) in [4.78, 5) is 13.2. The van der Waals surface area contributed by atoms with E-state index in [1.54, 1.807) is 18.0 Å². The first-order valence-corrected chi connectivity index (χ1v) is 9.44. The minimum Gasteiger partial charge on any atom is -0.494 e. The lowest BCUT2D eigenvalue weighted by molar-refractivity contribution is -0.120. The Hall–Kier alpha value is -1.98. The van der Waals surface area contributed by atoms with Crippen molar-refractivity contribution in [2.75, 3.05) is 12.4 Å². The number of hydrazone groups is 1. The molecule has 25 heavy (non-hydrogen) atoms. The number of halogens is 1. The molecule has 0 saturated heterocycles. The standard InChI is InChI=1S/C19H21ClN2O2S/c1-3-24-17-7-5-6-14(10-17)13-21-22-19(23)12-15-11-16(20)8-9-18(15)25-4-2/h5-11,13H,3-4,12H2,1-2H3,(H,22,23)/b21-13-. The maximum Gasteiger partial charge on any atom is 0.244 e. The molecular weight excluding hydrogens is 356 g/mol. The number of rotatable bonds is 8. The van der Waals surface area contributed by atoms with E-state index in [1.165, 1.54) is 0 Å². The van der Waals surface area contributed by atoms with Crippen LogP contribution < -0.4 is 10.2 Å². The highest BCUT2D eigenvalue weighted by molar-refractivity contribution is 7.99. The summed E-state index contributed by atoms with van der Waals surface area (Å²) in [6.45, 7) is 4.61. The summed E-state index contributed by atoms with van der Waals surface area (Å²) in [7, 11) is 0. The number of nitrogens with one attached hydrogen (secondary N) is 1. The number of ether oxygens (including phenoxy) is 1. The van der Waals surface area contributed by atoms with Crippen LogP contribution in [0.25, 0.3) is 0 Å². The molecule has 0 saturated carbocycles. The van der Waals surface area contributed by atoms with Gasteiger partial charge in [0.2, 0.25) is 5.91 Å². The van der Waals surface area contributed by atoms with Crippen molar-refractivity contribution in [1.82, 2.24) is 5.43 Å². The smallest absolute Gasteiger partial charge is 0.244 e. The number of benzene rings is 2. The Morgan fingerprint density at radius 3 is 2.88 bits per heavy atom. The van der Waals surface area contributed by atoms with Crippen molar-refractivity contribution in [3.63, 3.8) is 0 Å². The minimum atomic E-state index is -0.183. The lowest BCUT2D eigenvalue weighted by Crippen LogP contribution is -2.20. The van der Waals surface area contributed by atoms with Gasteiger partial charge in [0.25, 0.3) is 0 Å². The second kappa shape index (κ2) is 10.1. The highest BCUT2D eigenvalue weighted by atomic mass is 35.5. The lowest BCUT2D eigenvalue weighted by Gasteiger charge is -2.08. The molecule has 1 N–H and O–H groups in total. The number of hydrogen-bond donors (Lipinski definition) is 1. The van der Waals surface area contributed by atoms with Gasteiger partial charge in [0.1, 0.15) is 5.75 Å². The molecule has 2 aromatic rings. The van der Waals surface area contributed by atoms with Gasteiger partial charge in [0.05, 0.1) is 19.2 Å². The van der Waals surface area contributed by atoms with Crippen molar-refractivity contribution >= 4 is 35.5 Å². The Morgan fingerprint density at radius 2 is 2.12 bits per heavy atom. The van der Waals surface area contributed by atoms with E-state index >= 15 is 0 Å². The van der Waals surface area contributed by atoms with Gasteiger partial charge >= 0.3 is 0 Å². The number of thioether (sulfide) groups is 1. The van der Waals surface area contributed by atoms with Gasteiger partial charge in [-0.3, -0.25) is 4.79 Å². The van der Waals surface area contributed by atoms with Gasteiger partial charge in [-0.05, 0) is 54.1 Å². The van der Waals surface area contributed by atoms with E-state index in [9.17, 15) is 4.79 Å². The van der Waals surface area contributed by atoms with Crippen molar-refractivity contribution in [2.45, 2.75) is 25.2 Å². The van der Waals surface area contributed by atoms with E-state index in [-0.39, 0.29) is 12.3 Å². The van der Waals surface area contributed by atoms with Crippen molar-refractivity contribution in [3.8, 4) is 5.75 Å². The maximum absolute atomic E-state index is 12.1. The van der Waals surface area contributed by atoms with Gasteiger partial charge in [-0.15, -0.1) is 11.8 Å². The fourth-order valence-electron chi connectivity index (χ4n) is 2.23. The Labute approximate surface area is 157 Å². The predicted octanol–water partition coefficient (Wildman–Crippen LogP) is 4.54. The summed E-state index contributed by atoms with van der Waals surface area (Å²) >= 11 is 7.73. The molecule has 0 fully saturated rings. The van der Waals surface area contributed by atoms with Crippen molar-refractivity contribution in [2.24, 2.45) is 5.10 Å². The zero-order valence-corrected chi connectivity index (χ0v) is 15.9. The third kappa shape index (κ3) is 6.44. The third-order valence-corrected chi connectivity index (χ3v) is 4.48. The summed E-state index contributed by atoms with van der Waals surface area (Å²) in [6, 6.07) is 13.1. The van der Waals surface area contributed by atoms with E-state index in [0.717, 1.165) is 27.5 Å². The first kappa shape index (κ1) is 19.3. The molecule has 0 bridgehead atoms. The Kier molecular flexibility index (Phi) is 7.82. The van der Waals surface area contributed by atoms with Crippen LogP contribution in [0.4, 0.5) is 0 Å². The van der Waals surface area contributed by atoms with E-state index in [2.05, 4.69) is 17.5 Å². The molecule has 0 atom stereocenters. The molecule has 0 heterocycles. The van der Waals surface area contributed by atoms with Crippen LogP contribution >= 0.6 is 23.4 Å². The molecule has 0 aliphatic carbocycles. The molecule has 0 aliphatic rings. The van der Waals surface area contributed by atoms with Crippen LogP contribution in [0.1, 0.15) is 25.0 Å². The number of hydrogen-bond acceptors (Lipinski definition) is 4. The van der Waals surface area contributed by atoms with Crippen LogP contribution in [0.15, 0.2) is 52.5 Å². The normalized spacial score (nSPS) is 10.8. The molecule has 0 spiro atoms. The molecule has 4 nitrogen and oxygen atoms in total. The predicted molar refractivity (Wildman–Crippen MR) is 105 cm³/mol. The topological polar surface area (TPSA) is 50.7 Å². The summed E-state index contributed by atoms with van der Waals surface area (Å²) in [5, 5.41) is 4.64. The quantitative estimate of drug-likeness (QED) is 0.418. The molecule has 1 amide bonds. The average molecular weight is 377 g/mol. The molecule has 0 aliphatic heterocycles. The molecule has 0 unspecified atom stereocenters. The third-order valence-electron chi connectivity index (χ3n) is 3.25. The molecular formula is C19H21ClN2O2S. The van der Waals surface area contributed by atoms with Gasteiger partial charge in [-0.1, -0.05) is 30.7 Å². The monoisotopic (exact) mass is 376 g/mol. The minimum absolute atomic E-state index is 0.183. The van der Waals surface area contributed by atoms with Gasteiger partial charge in [0.15, 0.2) is 0 Å². The zero-order chi connectivity index (χ0) is 18.1. The molecule has 6 heteroatoms. The van der Waals surface area contributed by atoms with E-state index in [1.807, 2.05) is 49.4 Å². The van der Waals surface area contributed by atoms with Crippen LogP contribution in [0.5, 0.6) is 5.75 Å². The van der Waals surface area contributed by atoms with Crippen LogP contribution in [0, 0.1) is 0 Å². The SMILES string of the molecule is CCOc1cccc(/C=N\NC(=O)Cc2cc(Cl)ccc2SCC)c1. The van der Waals surface area contributed by atoms with Crippen molar-refractivity contribution < 1.29 is 9.53 Å². The fourth-order valence-corrected chi connectivity index (χ4v) is 3.21. The van der Waals surface area contributed by atoms with Crippen LogP contribution in [-0.4, -0.2) is 24.5 Å². The number of carbonyl (C=O) groups excluding carboxylic acids is 1. The zero-order valence-electron chi connectivity index (χ0n) is 14.3. The molecule has 132 valence electrons. The number of amides is 1. The lowest BCUT2D eigenvalue weighted by atomic mass is 10.1. The summed E-state index contributed by atoms with van der Waals surface area (Å²) < 4.78 is 5.44. The fraction of sp³-hybridized carbons (Fsp3) is 0.263. The van der Waals surface area contributed by atoms with Gasteiger partial charge in [0, 0.05) is 9.92 Å². The molecule has 0 aromatic heterocycles. The Bertz CT molecular complexity index is 750. The molecule has 2 aromatic carbocycles. The second-order valence-electron chi connectivity index (χ2n) is 5.16. The van der Waals surface area contributed by atoms with E-state index in [4.69, 9.17) is 16.3 Å². The second-order valence-corrected chi connectivity index (χ2v) is 6.90. The van der Waals surface area contributed by atoms with Crippen LogP contribution in [0.2, 0.25) is 5.02 Å². The van der Waals surface area contributed by atoms with Crippen LogP contribution in [-0.2, 0) is 11.2 Å². The molecule has 2 rings (SSSR count). The number of nitrogens with zero attached hydrogens (tertiary/aromatic N) is 1. The summed E-state index contributed by atoms with van der Waals surface area (Å²) in [5.74, 6) is 1.53. The van der Waals surface area contributed by atoms with Crippen LogP contribution in [0.3, 0.4) is 0 Å². The first-order valence-electron chi connectivity index (χ1n) is 8.08. The highest BCUT2D eigenvalue weighted by Gasteiger charge is 2.08. The average Bonchev–Trinajstić information content (AvgIpc) is 2.58. The first-order chi connectivity index (χ1) is 12.1. The van der Waals surface area contributed by atoms with Gasteiger partial charge in [-0.25, -0.2) is 5.43 Å². The highest BCUT2D eigenvalue weighted by Crippen LogP contribution is 2.26. The largest absolute Gasteiger partial charge is 0.494 e. The van der Waals surface area contributed by atoms with E-state index < -0.39 is 0 Å². The van der Waals surface area contributed by atoms with Gasteiger partial charge < -0.3 is 4.74 Å². The summed E-state index contributed by atoms with van der Waals surface area (Å²) in [6.07, 6.45) is 1.83. The van der Waals surface area contributed by atoms with E-state index in [0.29, 0.717) is 11.6 Å². The maximum atomic E-state index is 12.1. The van der Waals surface area contributed by atoms with Crippen molar-refractivity contribution in [1.29, 1.82) is 0 Å². The Morgan fingerprint density at radius 1 is 1.28 bits per heavy atom. The van der Waals surface area contributed by atoms with Gasteiger partial charge in [-0.2, -0.15) is 5.10 Å². The Balaban J connectivity index is 1.96. The summed E-state index contributed by atoms with van der Waals surface area (Å²) in [5.41, 5.74) is 4.32. The number of carbonyl (C=O) groups is 1.